The highest BCUT2D eigenvalue weighted by molar-refractivity contribution is 5.92. The van der Waals surface area contributed by atoms with Crippen molar-refractivity contribution in [2.75, 3.05) is 0 Å². The summed E-state index contributed by atoms with van der Waals surface area (Å²) in [5.74, 6) is 15.4. The third-order valence-corrected chi connectivity index (χ3v) is 4.46. The first kappa shape index (κ1) is 30.9. The Hall–Kier alpha value is -4.07. The van der Waals surface area contributed by atoms with Crippen molar-refractivity contribution in [3.05, 3.63) is 0 Å². The summed E-state index contributed by atoms with van der Waals surface area (Å²) in [5, 5.41) is 4.72. The molecule has 3 atom stereocenters. The van der Waals surface area contributed by atoms with Crippen molar-refractivity contribution < 1.29 is 28.8 Å². The first-order valence-electron chi connectivity index (χ1n) is 10.2. The molecule has 19 nitrogen and oxygen atoms in total. The van der Waals surface area contributed by atoms with E-state index in [4.69, 9.17) is 34.8 Å². The van der Waals surface area contributed by atoms with Gasteiger partial charge < -0.3 is 22.1 Å². The molecule has 0 spiro atoms. The van der Waals surface area contributed by atoms with Gasteiger partial charge in [0.25, 0.3) is 11.8 Å². The molecule has 0 saturated heterocycles. The fourth-order valence-electron chi connectivity index (χ4n) is 2.67. The molecular weight excluding hydrogens is 470 g/mol. The molecule has 0 fully saturated rings. The molecule has 35 heavy (non-hydrogen) atoms. The van der Waals surface area contributed by atoms with Crippen molar-refractivity contribution >= 4 is 41.4 Å². The zero-order valence-electron chi connectivity index (χ0n) is 18.8. The van der Waals surface area contributed by atoms with Gasteiger partial charge in [-0.3, -0.25) is 50.5 Å². The standard InChI is InChI=1S/C16H33N13O6/c17-16(18)25-7(13(33)24-9(15(35)29-22)3-6-12(32)27-20)1-4-10(30)23-8(14(34)28-21)2-5-11(31)26-19/h7-9H,1-6,19-22H2,(H,23,30)(H,24,33)(H,26,31)(H,27,32)(H,28,34)(H,29,35)(H4,17,18,25)/t7-,8-,9-/m0/s1. The van der Waals surface area contributed by atoms with Crippen molar-refractivity contribution in [1.29, 1.82) is 0 Å². The van der Waals surface area contributed by atoms with E-state index in [-0.39, 0.29) is 38.5 Å². The lowest BCUT2D eigenvalue weighted by molar-refractivity contribution is -0.131. The minimum Gasteiger partial charge on any atom is -0.370 e. The van der Waals surface area contributed by atoms with Gasteiger partial charge in [-0.2, -0.15) is 0 Å². The highest BCUT2D eigenvalue weighted by Gasteiger charge is 2.27. The number of nitrogens with zero attached hydrogens (tertiary/aromatic N) is 1. The molecule has 0 rings (SSSR count). The zero-order chi connectivity index (χ0) is 27.0. The van der Waals surface area contributed by atoms with Gasteiger partial charge in [-0.1, -0.05) is 0 Å². The van der Waals surface area contributed by atoms with Crippen LogP contribution in [-0.2, 0) is 28.8 Å². The molecule has 0 aliphatic rings. The van der Waals surface area contributed by atoms with Crippen LogP contribution in [0.25, 0.3) is 0 Å². The van der Waals surface area contributed by atoms with E-state index >= 15 is 0 Å². The number of aliphatic imine (C=N–C) groups is 1. The lowest BCUT2D eigenvalue weighted by Gasteiger charge is -2.20. The number of hydrogen-bond donors (Lipinski definition) is 12. The maximum absolute atomic E-state index is 12.7. The maximum atomic E-state index is 12.7. The van der Waals surface area contributed by atoms with E-state index < -0.39 is 59.5 Å². The van der Waals surface area contributed by atoms with E-state index in [1.54, 1.807) is 0 Å². The van der Waals surface area contributed by atoms with E-state index in [2.05, 4.69) is 15.6 Å². The lowest BCUT2D eigenvalue weighted by atomic mass is 10.1. The van der Waals surface area contributed by atoms with Crippen molar-refractivity contribution in [3.63, 3.8) is 0 Å². The Bertz CT molecular complexity index is 801. The molecule has 6 amide bonds. The summed E-state index contributed by atoms with van der Waals surface area (Å²) < 4.78 is 0. The van der Waals surface area contributed by atoms with Gasteiger partial charge in [-0.15, -0.1) is 0 Å². The number of hydrogen-bond acceptors (Lipinski definition) is 11. The molecule has 0 unspecified atom stereocenters. The van der Waals surface area contributed by atoms with Crippen LogP contribution in [0, 0.1) is 0 Å². The summed E-state index contributed by atoms with van der Waals surface area (Å²) in [7, 11) is 0. The molecule has 0 aliphatic heterocycles. The molecule has 0 aromatic heterocycles. The van der Waals surface area contributed by atoms with Gasteiger partial charge in [0.1, 0.15) is 18.1 Å². The van der Waals surface area contributed by atoms with Crippen LogP contribution in [0.2, 0.25) is 0 Å². The van der Waals surface area contributed by atoms with Gasteiger partial charge in [0, 0.05) is 19.3 Å². The first-order valence-corrected chi connectivity index (χ1v) is 10.2. The molecule has 0 aliphatic carbocycles. The van der Waals surface area contributed by atoms with Crippen molar-refractivity contribution in [3.8, 4) is 0 Å². The second-order valence-corrected chi connectivity index (χ2v) is 7.02. The molecule has 0 radical (unpaired) electrons. The Kier molecular flexibility index (Phi) is 14.6. The van der Waals surface area contributed by atoms with E-state index in [0.29, 0.717) is 0 Å². The van der Waals surface area contributed by atoms with Crippen molar-refractivity contribution in [2.45, 2.75) is 56.7 Å². The fraction of sp³-hybridized carbons (Fsp3) is 0.562. The van der Waals surface area contributed by atoms with Gasteiger partial charge in [0.05, 0.1) is 0 Å². The number of carbonyl (C=O) groups excluding carboxylic acids is 6. The van der Waals surface area contributed by atoms with Crippen LogP contribution < -0.4 is 67.2 Å². The fourth-order valence-corrected chi connectivity index (χ4v) is 2.67. The van der Waals surface area contributed by atoms with Crippen LogP contribution in [0.1, 0.15) is 38.5 Å². The number of nitrogens with two attached hydrogens (primary N) is 6. The lowest BCUT2D eigenvalue weighted by Crippen LogP contribution is -2.52. The SMILES string of the molecule is NNC(=O)CC[C@H](NC(=O)CC[C@H](N=C(N)N)C(=O)N[C@@H](CCC(=O)NN)C(=O)NN)C(=O)NN. The molecule has 0 aromatic carbocycles. The number of rotatable bonds is 15. The number of guanidine groups is 1. The van der Waals surface area contributed by atoms with E-state index in [9.17, 15) is 28.8 Å². The average molecular weight is 504 g/mol. The van der Waals surface area contributed by atoms with Crippen LogP contribution in [0.5, 0.6) is 0 Å². The van der Waals surface area contributed by atoms with Crippen LogP contribution in [0.15, 0.2) is 4.99 Å². The third-order valence-electron chi connectivity index (χ3n) is 4.46. The molecule has 198 valence electrons. The molecule has 0 bridgehead atoms. The molecule has 0 heterocycles. The minimum absolute atomic E-state index is 0.109. The highest BCUT2D eigenvalue weighted by Crippen LogP contribution is 2.07. The van der Waals surface area contributed by atoms with E-state index in [0.717, 1.165) is 0 Å². The minimum atomic E-state index is -1.31. The van der Waals surface area contributed by atoms with Gasteiger partial charge >= 0.3 is 0 Å². The maximum Gasteiger partial charge on any atom is 0.256 e. The summed E-state index contributed by atoms with van der Waals surface area (Å²) in [6, 6.07) is -3.71. The largest absolute Gasteiger partial charge is 0.370 e. The van der Waals surface area contributed by atoms with Crippen molar-refractivity contribution in [1.82, 2.24) is 32.3 Å². The molecule has 0 saturated carbocycles. The molecule has 19 heteroatoms. The monoisotopic (exact) mass is 503 g/mol. The summed E-state index contributed by atoms with van der Waals surface area (Å²) in [5.41, 5.74) is 18.2. The molecule has 18 N–H and O–H groups in total. The summed E-state index contributed by atoms with van der Waals surface area (Å²) >= 11 is 0. The van der Waals surface area contributed by atoms with Crippen LogP contribution in [-0.4, -0.2) is 59.5 Å². The molecule has 0 aromatic rings. The number of nitrogens with one attached hydrogen (secondary N) is 6. The van der Waals surface area contributed by atoms with E-state index in [1.165, 1.54) is 0 Å². The summed E-state index contributed by atoms with van der Waals surface area (Å²) in [4.78, 5) is 75.3. The predicted octanol–water partition coefficient (Wildman–Crippen LogP) is -7.10. The van der Waals surface area contributed by atoms with Crippen molar-refractivity contribution in [2.24, 2.45) is 39.8 Å². The van der Waals surface area contributed by atoms with Crippen LogP contribution in [0.4, 0.5) is 0 Å². The number of hydrazine groups is 4. The highest BCUT2D eigenvalue weighted by atomic mass is 16.2. The first-order chi connectivity index (χ1) is 16.5. The van der Waals surface area contributed by atoms with E-state index in [1.807, 2.05) is 21.7 Å². The van der Waals surface area contributed by atoms with Crippen LogP contribution >= 0.6 is 0 Å². The second-order valence-electron chi connectivity index (χ2n) is 7.02. The Labute approximate surface area is 199 Å². The zero-order valence-corrected chi connectivity index (χ0v) is 18.8. The Morgan fingerprint density at radius 2 is 1.00 bits per heavy atom. The van der Waals surface area contributed by atoms with Gasteiger partial charge in [0.15, 0.2) is 5.96 Å². The summed E-state index contributed by atoms with van der Waals surface area (Å²) in [6.07, 6.45) is -1.23. The quantitative estimate of drug-likeness (QED) is 0.0326. The molecular formula is C16H33N13O6. The second kappa shape index (κ2) is 16.5. The average Bonchev–Trinajstić information content (AvgIpc) is 2.84. The third kappa shape index (κ3) is 12.7. The Morgan fingerprint density at radius 3 is 1.40 bits per heavy atom. The topological polar surface area (TPSA) is 343 Å². The van der Waals surface area contributed by atoms with Crippen LogP contribution in [0.3, 0.4) is 0 Å². The normalized spacial score (nSPS) is 12.7. The number of amides is 6. The van der Waals surface area contributed by atoms with Gasteiger partial charge in [0.2, 0.25) is 23.6 Å². The predicted molar refractivity (Wildman–Crippen MR) is 120 cm³/mol. The Balaban J connectivity index is 5.25. The Morgan fingerprint density at radius 1 is 0.571 bits per heavy atom. The van der Waals surface area contributed by atoms with Gasteiger partial charge in [-0.25, -0.2) is 28.4 Å². The smallest absolute Gasteiger partial charge is 0.256 e. The van der Waals surface area contributed by atoms with Gasteiger partial charge in [-0.05, 0) is 19.3 Å². The number of carbonyl (C=O) groups is 6. The summed E-state index contributed by atoms with van der Waals surface area (Å²) in [6.45, 7) is 0.